The minimum atomic E-state index is -1.33. The van der Waals surface area contributed by atoms with Crippen molar-refractivity contribution in [1.29, 1.82) is 0 Å². The van der Waals surface area contributed by atoms with Gasteiger partial charge in [0.05, 0.1) is 6.10 Å². The molecule has 0 saturated carbocycles. The molecule has 4 N–H and O–H groups in total. The predicted octanol–water partition coefficient (Wildman–Crippen LogP) is 4.08. The van der Waals surface area contributed by atoms with Gasteiger partial charge in [0.25, 0.3) is 0 Å². The molecule has 0 radical (unpaired) electrons. The number of aromatic nitrogens is 4. The van der Waals surface area contributed by atoms with Gasteiger partial charge in [-0.2, -0.15) is 0 Å². The van der Waals surface area contributed by atoms with E-state index in [1.807, 2.05) is 18.2 Å². The molecule has 0 spiro atoms. The fourth-order valence-electron chi connectivity index (χ4n) is 4.34. The molecule has 0 unspecified atom stereocenters. The Hall–Kier alpha value is -4.13. The first-order valence-electron chi connectivity index (χ1n) is 12.1. The molecule has 1 amide bonds. The Kier molecular flexibility index (Phi) is 8.19. The zero-order valence-corrected chi connectivity index (χ0v) is 22.5. The van der Waals surface area contributed by atoms with Crippen molar-refractivity contribution in [3.63, 3.8) is 0 Å². The van der Waals surface area contributed by atoms with E-state index in [9.17, 15) is 9.90 Å². The van der Waals surface area contributed by atoms with E-state index in [1.165, 1.54) is 13.4 Å². The maximum Gasteiger partial charge on any atom is 0.249 e. The number of ether oxygens (including phenoxy) is 2. The number of hydrogen-bond donors (Lipinski definition) is 4. The molecule has 13 nitrogen and oxygen atoms in total. The van der Waals surface area contributed by atoms with E-state index in [-0.39, 0.29) is 12.4 Å². The Morgan fingerprint density at radius 2 is 2.08 bits per heavy atom. The van der Waals surface area contributed by atoms with Gasteiger partial charge in [0.15, 0.2) is 11.5 Å². The van der Waals surface area contributed by atoms with Crippen molar-refractivity contribution in [3.05, 3.63) is 86.2 Å². The fourth-order valence-corrected chi connectivity index (χ4v) is 4.73. The molecule has 0 aliphatic carbocycles. The Labute approximate surface area is 237 Å². The number of rotatable bonds is 9. The van der Waals surface area contributed by atoms with E-state index in [0.29, 0.717) is 39.3 Å². The lowest BCUT2D eigenvalue weighted by Gasteiger charge is -2.14. The van der Waals surface area contributed by atoms with Gasteiger partial charge in [0.2, 0.25) is 5.91 Å². The molecule has 1 fully saturated rings. The molecule has 15 heteroatoms. The molecular weight excluding hydrogens is 561 g/mol. The van der Waals surface area contributed by atoms with Gasteiger partial charge in [-0.25, -0.2) is 15.0 Å². The summed E-state index contributed by atoms with van der Waals surface area (Å²) in [4.78, 5) is 31.0. The number of halogens is 2. The molecule has 4 atom stereocenters. The molecule has 2 aromatic heterocycles. The molecular formula is C25H23Cl2N9O4. The number of nitrogens with zero attached hydrogens (tertiary/aromatic N) is 6. The first-order chi connectivity index (χ1) is 19.4. The fraction of sp³-hybridized carbons (Fsp3) is 0.280. The molecule has 206 valence electrons. The second-order valence-electron chi connectivity index (χ2n) is 8.81. The SMILES string of the molecule is CNC(=O)[C@H]1O[C@H](c2nc3ncnc(NCc4cc(Cl)ccc4OCc4ccccc4Cl)c3[nH]2)[C@H](O)[C@@H]1N=[N+]=[N-]. The molecule has 4 aromatic rings. The molecule has 40 heavy (non-hydrogen) atoms. The Morgan fingerprint density at radius 1 is 1.25 bits per heavy atom. The van der Waals surface area contributed by atoms with E-state index in [2.05, 4.69) is 40.6 Å². The van der Waals surface area contributed by atoms with E-state index < -0.39 is 30.3 Å². The lowest BCUT2D eigenvalue weighted by Crippen LogP contribution is -2.40. The van der Waals surface area contributed by atoms with Gasteiger partial charge in [-0.05, 0) is 29.8 Å². The summed E-state index contributed by atoms with van der Waals surface area (Å²) in [6.07, 6.45) is -2.25. The van der Waals surface area contributed by atoms with Crippen molar-refractivity contribution in [3.8, 4) is 5.75 Å². The van der Waals surface area contributed by atoms with Crippen LogP contribution in [0.4, 0.5) is 5.82 Å². The van der Waals surface area contributed by atoms with Crippen LogP contribution in [-0.2, 0) is 22.7 Å². The Bertz CT molecular complexity index is 1590. The van der Waals surface area contributed by atoms with Gasteiger partial charge >= 0.3 is 0 Å². The Morgan fingerprint density at radius 3 is 2.85 bits per heavy atom. The molecule has 5 rings (SSSR count). The zero-order valence-electron chi connectivity index (χ0n) is 21.0. The van der Waals surface area contributed by atoms with Crippen LogP contribution < -0.4 is 15.4 Å². The van der Waals surface area contributed by atoms with Gasteiger partial charge in [0, 0.05) is 39.7 Å². The minimum Gasteiger partial charge on any atom is -0.488 e. The van der Waals surface area contributed by atoms with Crippen molar-refractivity contribution in [2.45, 2.75) is 37.5 Å². The standard InChI is InChI=1S/C25H23Cl2N9O4/c1-29-25(38)20-17(35-36-28)19(37)21(40-20)24-33-18-22(31-11-32-23(18)34-24)30-9-13-8-14(26)6-7-16(13)39-10-12-4-2-3-5-15(12)27/h2-8,11,17,19-21,37H,9-10H2,1H3,(H,29,38)(H2,30,31,32,33,34)/t17-,19+,20-,21-/m0/s1. The molecule has 1 aliphatic heterocycles. The van der Waals surface area contributed by atoms with E-state index in [1.54, 1.807) is 24.3 Å². The molecule has 0 bridgehead atoms. The topological polar surface area (TPSA) is 183 Å². The van der Waals surface area contributed by atoms with Gasteiger partial charge < -0.3 is 30.2 Å². The van der Waals surface area contributed by atoms with E-state index in [4.69, 9.17) is 38.2 Å². The van der Waals surface area contributed by atoms with Gasteiger partial charge in [0.1, 0.15) is 48.3 Å². The number of carbonyl (C=O) groups is 1. The number of imidazole rings is 1. The van der Waals surface area contributed by atoms with Gasteiger partial charge in [-0.15, -0.1) is 0 Å². The minimum absolute atomic E-state index is 0.196. The number of H-pyrrole nitrogens is 1. The highest BCUT2D eigenvalue weighted by atomic mass is 35.5. The highest BCUT2D eigenvalue weighted by molar-refractivity contribution is 6.31. The highest BCUT2D eigenvalue weighted by Gasteiger charge is 2.48. The lowest BCUT2D eigenvalue weighted by molar-refractivity contribution is -0.132. The number of aromatic amines is 1. The molecule has 1 saturated heterocycles. The number of aliphatic hydroxyl groups is 1. The summed E-state index contributed by atoms with van der Waals surface area (Å²) in [5.74, 6) is 0.690. The number of hydrogen-bond acceptors (Lipinski definition) is 9. The maximum atomic E-state index is 12.2. The lowest BCUT2D eigenvalue weighted by atomic mass is 10.0. The second-order valence-corrected chi connectivity index (χ2v) is 9.65. The number of amides is 1. The van der Waals surface area contributed by atoms with Crippen LogP contribution in [0.1, 0.15) is 23.1 Å². The van der Waals surface area contributed by atoms with Crippen molar-refractivity contribution >= 4 is 46.1 Å². The average Bonchev–Trinajstić information content (AvgIpc) is 3.53. The summed E-state index contributed by atoms with van der Waals surface area (Å²) in [7, 11) is 1.42. The van der Waals surface area contributed by atoms with Crippen LogP contribution in [0.3, 0.4) is 0 Å². The summed E-state index contributed by atoms with van der Waals surface area (Å²) in [6.45, 7) is 0.562. The van der Waals surface area contributed by atoms with Crippen LogP contribution in [0.25, 0.3) is 21.6 Å². The number of likely N-dealkylation sites (N-methyl/N-ethyl adjacent to an activating group) is 1. The number of nitrogens with one attached hydrogen (secondary N) is 3. The van der Waals surface area contributed by atoms with E-state index >= 15 is 0 Å². The van der Waals surface area contributed by atoms with Crippen LogP contribution in [0.15, 0.2) is 53.9 Å². The summed E-state index contributed by atoms with van der Waals surface area (Å²) >= 11 is 12.5. The van der Waals surface area contributed by atoms with Crippen LogP contribution in [-0.4, -0.2) is 56.2 Å². The monoisotopic (exact) mass is 583 g/mol. The first kappa shape index (κ1) is 27.4. The maximum absolute atomic E-state index is 12.2. The van der Waals surface area contributed by atoms with Gasteiger partial charge in [-0.1, -0.05) is 46.5 Å². The molecule has 1 aliphatic rings. The number of carbonyl (C=O) groups excluding carboxylic acids is 1. The number of fused-ring (bicyclic) bond motifs is 1. The Balaban J connectivity index is 1.37. The molecule has 2 aromatic carbocycles. The van der Waals surface area contributed by atoms with Crippen molar-refractivity contribution in [1.82, 2.24) is 25.3 Å². The third-order valence-electron chi connectivity index (χ3n) is 6.34. The average molecular weight is 584 g/mol. The smallest absolute Gasteiger partial charge is 0.249 e. The van der Waals surface area contributed by atoms with Crippen LogP contribution in [0.5, 0.6) is 5.75 Å². The number of azide groups is 1. The third kappa shape index (κ3) is 5.60. The van der Waals surface area contributed by atoms with Crippen LogP contribution in [0, 0.1) is 0 Å². The summed E-state index contributed by atoms with van der Waals surface area (Å²) < 4.78 is 11.8. The normalized spacial score (nSPS) is 20.2. The first-order valence-corrected chi connectivity index (χ1v) is 12.8. The number of aliphatic hydroxyl groups excluding tert-OH is 1. The highest BCUT2D eigenvalue weighted by Crippen LogP contribution is 2.35. The van der Waals surface area contributed by atoms with Crippen molar-refractivity contribution < 1.29 is 19.4 Å². The number of benzene rings is 2. The summed E-state index contributed by atoms with van der Waals surface area (Å²) in [5, 5.41) is 21.2. The van der Waals surface area contributed by atoms with Gasteiger partial charge in [-0.3, -0.25) is 4.79 Å². The number of anilines is 1. The zero-order chi connectivity index (χ0) is 28.2. The quantitative estimate of drug-likeness (QED) is 0.129. The summed E-state index contributed by atoms with van der Waals surface area (Å²) in [5.41, 5.74) is 11.3. The van der Waals surface area contributed by atoms with Crippen LogP contribution >= 0.6 is 23.2 Å². The second kappa shape index (κ2) is 11.9. The van der Waals surface area contributed by atoms with Crippen molar-refractivity contribution in [2.75, 3.05) is 12.4 Å². The largest absolute Gasteiger partial charge is 0.488 e. The van der Waals surface area contributed by atoms with E-state index in [0.717, 1.165) is 11.1 Å². The summed E-state index contributed by atoms with van der Waals surface area (Å²) in [6, 6.07) is 11.6. The molecule has 3 heterocycles. The van der Waals surface area contributed by atoms with Crippen LogP contribution in [0.2, 0.25) is 10.0 Å². The predicted molar refractivity (Wildman–Crippen MR) is 147 cm³/mol. The van der Waals surface area contributed by atoms with Crippen molar-refractivity contribution in [2.24, 2.45) is 5.11 Å². The third-order valence-corrected chi connectivity index (χ3v) is 6.94.